The second-order valence-electron chi connectivity index (χ2n) is 23.9. The molecule has 0 radical (unpaired) electrons. The van der Waals surface area contributed by atoms with Crippen LogP contribution in [0.15, 0.2) is 127 Å². The Morgan fingerprint density at radius 2 is 0.863 bits per heavy atom. The van der Waals surface area contributed by atoms with Gasteiger partial charge in [0.2, 0.25) is 0 Å². The molecule has 5 rings (SSSR count). The molecular formula is C63H103ClKN2O3P2Pd+3. The molecule has 0 atom stereocenters. The van der Waals surface area contributed by atoms with Gasteiger partial charge in [-0.05, 0) is 193 Å². The summed E-state index contributed by atoms with van der Waals surface area (Å²) in [6.07, 6.45) is 0. The maximum atomic E-state index is 5.64. The Morgan fingerprint density at radius 1 is 0.493 bits per heavy atom. The van der Waals surface area contributed by atoms with Crippen molar-refractivity contribution < 1.29 is 86.8 Å². The zero-order valence-electron chi connectivity index (χ0n) is 50.7. The monoisotopic (exact) mass is 1180 g/mol. The van der Waals surface area contributed by atoms with Crippen LogP contribution in [-0.4, -0.2) is 63.7 Å². The van der Waals surface area contributed by atoms with Crippen LogP contribution in [0, 0.1) is 27.7 Å². The number of anilines is 3. The van der Waals surface area contributed by atoms with E-state index >= 15 is 0 Å². The number of nitrogens with one attached hydrogen (secondary N) is 1. The normalized spacial score (nSPS) is 11.2. The van der Waals surface area contributed by atoms with Gasteiger partial charge in [0.1, 0.15) is 18.4 Å². The molecule has 0 unspecified atom stereocenters. The Labute approximate surface area is 514 Å². The first-order chi connectivity index (χ1) is 32.0. The third-order valence-corrected chi connectivity index (χ3v) is 19.9. The molecule has 0 bridgehead atoms. The van der Waals surface area contributed by atoms with Crippen molar-refractivity contribution in [2.75, 3.05) is 37.5 Å². The summed E-state index contributed by atoms with van der Waals surface area (Å²) < 4.78 is 10.2. The SMILES string of the molecule is CC(C)(C)[PH+](C(C)(C)C)C(C)(C)C.CCN(c1ccc(C)cc1)c1cccc(OC)c1.CCNc1ccc(C)cc1.COc1cccc(Cl)c1.Cc1ccccc1.[CH2+]C(C)(C)[PH+](C(C)(C)C)C(C)(C)C.[K+].[OH-].[Pd]. The van der Waals surface area contributed by atoms with Crippen molar-refractivity contribution in [3.8, 4) is 11.5 Å². The van der Waals surface area contributed by atoms with Crippen LogP contribution in [0.3, 0.4) is 0 Å². The Bertz CT molecular complexity index is 2040. The zero-order chi connectivity index (χ0) is 54.3. The van der Waals surface area contributed by atoms with Crippen molar-refractivity contribution in [1.29, 1.82) is 0 Å². The molecule has 0 spiro atoms. The summed E-state index contributed by atoms with van der Waals surface area (Å²) in [5.41, 5.74) is 7.47. The van der Waals surface area contributed by atoms with E-state index in [9.17, 15) is 0 Å². The van der Waals surface area contributed by atoms with Crippen LogP contribution in [0.1, 0.15) is 148 Å². The molecule has 0 saturated carbocycles. The second kappa shape index (κ2) is 36.6. The Balaban J connectivity index is -0.000000397. The third-order valence-electron chi connectivity index (χ3n) is 10.9. The number of hydrogen-bond acceptors (Lipinski definition) is 5. The fourth-order valence-corrected chi connectivity index (χ4v) is 23.8. The fraction of sp³-hybridized carbons (Fsp3) is 0.508. The maximum absolute atomic E-state index is 5.64. The molecule has 5 aromatic carbocycles. The summed E-state index contributed by atoms with van der Waals surface area (Å²) in [5, 5.41) is 6.49. The van der Waals surface area contributed by atoms with E-state index in [-0.39, 0.29) is 82.4 Å². The minimum Gasteiger partial charge on any atom is -0.870 e. The van der Waals surface area contributed by atoms with Crippen molar-refractivity contribution >= 4 is 44.5 Å². The van der Waals surface area contributed by atoms with Gasteiger partial charge in [0.15, 0.2) is 5.16 Å². The van der Waals surface area contributed by atoms with Crippen molar-refractivity contribution in [2.45, 2.75) is 183 Å². The van der Waals surface area contributed by atoms with Gasteiger partial charge in [-0.1, -0.05) is 95.0 Å². The summed E-state index contributed by atoms with van der Waals surface area (Å²) in [5.74, 6) is 1.68. The third kappa shape index (κ3) is 33.5. The average Bonchev–Trinajstić information content (AvgIpc) is 3.21. The number of aryl methyl sites for hydroxylation is 3. The minimum absolute atomic E-state index is 0. The van der Waals surface area contributed by atoms with Crippen LogP contribution in [0.2, 0.25) is 5.02 Å². The van der Waals surface area contributed by atoms with Crippen LogP contribution >= 0.6 is 27.4 Å². The van der Waals surface area contributed by atoms with Gasteiger partial charge < -0.3 is 25.2 Å². The Kier molecular flexibility index (Phi) is 39.2. The fourth-order valence-electron chi connectivity index (χ4n) is 10.6. The molecule has 0 amide bonds. The largest absolute Gasteiger partial charge is 1.00 e. The van der Waals surface area contributed by atoms with Gasteiger partial charge >= 0.3 is 51.4 Å². The molecule has 0 aromatic heterocycles. The van der Waals surface area contributed by atoms with Crippen LogP contribution < -0.4 is 71.1 Å². The molecule has 5 nitrogen and oxygen atoms in total. The molecule has 0 aliphatic heterocycles. The van der Waals surface area contributed by atoms with E-state index in [0.717, 1.165) is 30.3 Å². The number of rotatable bonds is 8. The predicted octanol–water partition coefficient (Wildman–Crippen LogP) is 16.8. The molecule has 73 heavy (non-hydrogen) atoms. The second-order valence-corrected chi connectivity index (χ2v) is 34.7. The summed E-state index contributed by atoms with van der Waals surface area (Å²) in [4.78, 5) is 2.27. The quantitative estimate of drug-likeness (QED) is 0.0953. The predicted molar refractivity (Wildman–Crippen MR) is 328 cm³/mol. The number of methoxy groups -OCH3 is 2. The van der Waals surface area contributed by atoms with Gasteiger partial charge in [-0.3, -0.25) is 0 Å². The molecule has 0 heterocycles. The van der Waals surface area contributed by atoms with E-state index in [4.69, 9.17) is 21.1 Å². The molecule has 0 aliphatic rings. The zero-order valence-corrected chi connectivity index (χ0v) is 58.1. The molecule has 2 N–H and O–H groups in total. The molecule has 5 aromatic rings. The molecule has 0 aliphatic carbocycles. The first-order valence-corrected chi connectivity index (χ1v) is 28.6. The Hall–Kier alpha value is -1.42. The summed E-state index contributed by atoms with van der Waals surface area (Å²) >= 11 is 5.64. The van der Waals surface area contributed by atoms with Crippen molar-refractivity contribution in [3.05, 3.63) is 156 Å². The van der Waals surface area contributed by atoms with Gasteiger partial charge in [0.05, 0.1) is 47.9 Å². The molecule has 0 saturated heterocycles. The van der Waals surface area contributed by atoms with E-state index in [1.807, 2.05) is 48.5 Å². The summed E-state index contributed by atoms with van der Waals surface area (Å²) in [6, 6.07) is 42.7. The number of hydrogen-bond donors (Lipinski definition) is 1. The first-order valence-electron chi connectivity index (χ1n) is 25.2. The van der Waals surface area contributed by atoms with Crippen molar-refractivity contribution in [2.24, 2.45) is 0 Å². The summed E-state index contributed by atoms with van der Waals surface area (Å²) in [7, 11) is 2.42. The van der Waals surface area contributed by atoms with E-state index in [1.54, 1.807) is 20.3 Å². The van der Waals surface area contributed by atoms with Crippen molar-refractivity contribution in [1.82, 2.24) is 0 Å². The van der Waals surface area contributed by atoms with Gasteiger partial charge in [0, 0.05) is 83.4 Å². The molecule has 408 valence electrons. The molecule has 10 heteroatoms. The number of ether oxygens (including phenoxy) is 2. The minimum atomic E-state index is -0.502. The summed E-state index contributed by atoms with van der Waals surface area (Å²) in [6.45, 7) is 57.1. The Morgan fingerprint density at radius 3 is 1.14 bits per heavy atom. The van der Waals surface area contributed by atoms with Gasteiger partial charge in [0.25, 0.3) is 0 Å². The first kappa shape index (κ1) is 78.1. The van der Waals surface area contributed by atoms with E-state index in [0.29, 0.717) is 30.8 Å². The van der Waals surface area contributed by atoms with Crippen LogP contribution in [0.5, 0.6) is 11.5 Å². The number of benzene rings is 5. The van der Waals surface area contributed by atoms with E-state index in [2.05, 4.69) is 242 Å². The van der Waals surface area contributed by atoms with Crippen molar-refractivity contribution in [3.63, 3.8) is 0 Å². The molecule has 0 fully saturated rings. The molecular weight excluding hydrogens is 1080 g/mol. The number of nitrogens with zero attached hydrogens (tertiary/aromatic N) is 1. The standard InChI is InChI=1S/C16H19NO.C12H27P.C12H26P.C9H13N.C7H7ClO.C7H8.K.H2O.Pd/c1-4-17(14-10-8-13(2)9-11-14)15-6-5-7-16(12-15)18-3;2*1-10(2,3)13(11(4,5)6)12(7,8)9;1-3-10-9-6-4-8(2)5-7-9;1-9-7-4-2-3-6(8)5-7;1-7-5-3-2-4-6-7;;;/h5-12H,4H2,1-3H3;1-9H3;1H2,2-9H3;4-7,10H,3H2,1-2H3;2-5H,1H3;2-6H,1H3;;1H2;/q;;+1;;;;+1;;/p+1. The van der Waals surface area contributed by atoms with Gasteiger partial charge in [-0.2, -0.15) is 0 Å². The van der Waals surface area contributed by atoms with Crippen LogP contribution in [0.4, 0.5) is 17.1 Å². The van der Waals surface area contributed by atoms with E-state index < -0.39 is 15.8 Å². The topological polar surface area (TPSA) is 63.7 Å². The van der Waals surface area contributed by atoms with Crippen LogP contribution in [-0.2, 0) is 20.4 Å². The maximum Gasteiger partial charge on any atom is 1.00 e. The smallest absolute Gasteiger partial charge is 0.870 e. The van der Waals surface area contributed by atoms with E-state index in [1.165, 1.54) is 28.1 Å². The van der Waals surface area contributed by atoms with Gasteiger partial charge in [-0.15, -0.1) is 0 Å². The number of halogens is 1. The van der Waals surface area contributed by atoms with Gasteiger partial charge in [-0.25, -0.2) is 0 Å². The average molecular weight is 1180 g/mol. The van der Waals surface area contributed by atoms with Crippen LogP contribution in [0.25, 0.3) is 0 Å².